The van der Waals surface area contributed by atoms with Gasteiger partial charge in [-0.25, -0.2) is 14.8 Å². The Balaban J connectivity index is 1.31. The van der Waals surface area contributed by atoms with Gasteiger partial charge in [-0.3, -0.25) is 13.8 Å². The maximum atomic E-state index is 12.5. The van der Waals surface area contributed by atoms with Crippen LogP contribution in [0.2, 0.25) is 0 Å². The molecule has 1 saturated heterocycles. The van der Waals surface area contributed by atoms with Gasteiger partial charge < -0.3 is 9.64 Å². The number of hydrogen-bond donors (Lipinski definition) is 0. The number of carbonyl (C=O) groups excluding carboxylic acids is 1. The van der Waals surface area contributed by atoms with Crippen LogP contribution in [-0.4, -0.2) is 63.6 Å². The lowest BCUT2D eigenvalue weighted by molar-refractivity contribution is -0.0314. The van der Waals surface area contributed by atoms with Crippen molar-refractivity contribution in [2.24, 2.45) is 0 Å². The van der Waals surface area contributed by atoms with Gasteiger partial charge in [0.2, 0.25) is 0 Å². The van der Waals surface area contributed by atoms with Gasteiger partial charge in [0.15, 0.2) is 0 Å². The van der Waals surface area contributed by atoms with E-state index in [-0.39, 0.29) is 12.5 Å². The first-order chi connectivity index (χ1) is 17.7. The number of imidazole rings is 1. The molecule has 1 amide bonds. The van der Waals surface area contributed by atoms with Crippen molar-refractivity contribution in [2.45, 2.75) is 63.6 Å². The summed E-state index contributed by atoms with van der Waals surface area (Å²) in [5.74, 6) is 0.697. The summed E-state index contributed by atoms with van der Waals surface area (Å²) in [5.41, 5.74) is 2.11. The average molecular weight is 500 g/mol. The number of ether oxygens (including phenoxy) is 1. The molecule has 4 aromatic heterocycles. The molecule has 11 heteroatoms. The summed E-state index contributed by atoms with van der Waals surface area (Å²) in [4.78, 5) is 23.6. The molecule has 0 atom stereocenters. The Kier molecular flexibility index (Phi) is 5.29. The Labute approximate surface area is 214 Å². The monoisotopic (exact) mass is 499 g/mol. The summed E-state index contributed by atoms with van der Waals surface area (Å²) in [6, 6.07) is 4.69. The lowest BCUT2D eigenvalue weighted by Crippen LogP contribution is -2.64. The Morgan fingerprint density at radius 1 is 1.19 bits per heavy atom. The zero-order valence-corrected chi connectivity index (χ0v) is 21.2. The average Bonchev–Trinajstić information content (AvgIpc) is 3.53. The number of likely N-dealkylation sites (tertiary alicyclic amines) is 1. The van der Waals surface area contributed by atoms with E-state index < -0.39 is 11.1 Å². The second-order valence-corrected chi connectivity index (χ2v) is 11.0. The van der Waals surface area contributed by atoms with Crippen molar-refractivity contribution in [3.8, 4) is 28.7 Å². The highest BCUT2D eigenvalue weighted by atomic mass is 16.6. The van der Waals surface area contributed by atoms with Crippen molar-refractivity contribution in [3.63, 3.8) is 0 Å². The predicted octanol–water partition coefficient (Wildman–Crippen LogP) is 4.04. The van der Waals surface area contributed by atoms with E-state index in [1.54, 1.807) is 22.0 Å². The molecule has 190 valence electrons. The summed E-state index contributed by atoms with van der Waals surface area (Å²) in [6.45, 7) is 6.21. The molecule has 2 fully saturated rings. The number of carbonyl (C=O) groups is 1. The largest absolute Gasteiger partial charge is 0.444 e. The molecule has 5 heterocycles. The molecule has 2 aliphatic rings. The minimum Gasteiger partial charge on any atom is -0.444 e. The Morgan fingerprint density at radius 3 is 2.68 bits per heavy atom. The molecule has 6 rings (SSSR count). The molecule has 1 aliphatic carbocycles. The van der Waals surface area contributed by atoms with Gasteiger partial charge in [0.1, 0.15) is 22.6 Å². The number of fused-ring (bicyclic) bond motifs is 1. The molecule has 4 aromatic rings. The SMILES string of the molecule is CC(C)(C)OC(=O)N1CC(CC#N)(n2cc(-c3nc(-c4cnn(C5CCC5)c4)cc4nccn34)cn2)C1. The van der Waals surface area contributed by atoms with E-state index in [1.165, 1.54) is 6.42 Å². The fourth-order valence-corrected chi connectivity index (χ4v) is 4.90. The van der Waals surface area contributed by atoms with Crippen LogP contribution < -0.4 is 0 Å². The van der Waals surface area contributed by atoms with Crippen molar-refractivity contribution < 1.29 is 9.53 Å². The van der Waals surface area contributed by atoms with Gasteiger partial charge in [0, 0.05) is 36.4 Å². The number of amides is 1. The number of rotatable bonds is 5. The summed E-state index contributed by atoms with van der Waals surface area (Å²) >= 11 is 0. The van der Waals surface area contributed by atoms with E-state index >= 15 is 0 Å². The zero-order valence-electron chi connectivity index (χ0n) is 21.2. The van der Waals surface area contributed by atoms with Gasteiger partial charge in [-0.1, -0.05) is 0 Å². The lowest BCUT2D eigenvalue weighted by Gasteiger charge is -2.48. The van der Waals surface area contributed by atoms with Crippen LogP contribution in [0.1, 0.15) is 52.5 Å². The molecular formula is C26H29N9O2. The van der Waals surface area contributed by atoms with Crippen LogP contribution in [0, 0.1) is 11.3 Å². The van der Waals surface area contributed by atoms with Crippen molar-refractivity contribution in [3.05, 3.63) is 43.2 Å². The number of aromatic nitrogens is 7. The van der Waals surface area contributed by atoms with E-state index in [2.05, 4.69) is 27.4 Å². The summed E-state index contributed by atoms with van der Waals surface area (Å²) in [7, 11) is 0. The first kappa shape index (κ1) is 23.2. The second-order valence-electron chi connectivity index (χ2n) is 11.0. The molecule has 11 nitrogen and oxygen atoms in total. The Hall–Kier alpha value is -4.20. The van der Waals surface area contributed by atoms with Crippen LogP contribution >= 0.6 is 0 Å². The Bertz CT molecular complexity index is 1510. The summed E-state index contributed by atoms with van der Waals surface area (Å²) in [5, 5.41) is 18.7. The molecule has 0 spiro atoms. The van der Waals surface area contributed by atoms with E-state index in [9.17, 15) is 10.1 Å². The highest BCUT2D eigenvalue weighted by Crippen LogP contribution is 2.35. The maximum absolute atomic E-state index is 12.5. The highest BCUT2D eigenvalue weighted by molar-refractivity contribution is 5.70. The van der Waals surface area contributed by atoms with Gasteiger partial charge in [0.25, 0.3) is 0 Å². The molecule has 0 bridgehead atoms. The predicted molar refractivity (Wildman–Crippen MR) is 134 cm³/mol. The first-order valence-corrected chi connectivity index (χ1v) is 12.5. The number of nitriles is 1. The minimum atomic E-state index is -0.612. The van der Waals surface area contributed by atoms with Crippen molar-refractivity contribution in [1.82, 2.24) is 38.8 Å². The standard InChI is InChI=1S/C26H29N9O2/c1-25(2,3)37-24(36)32-16-26(17-32,7-8-27)35-15-19(13-30-35)23-31-21(11-22-28-9-10-33(22)23)18-12-29-34(14-18)20-5-4-6-20/h9-15,20H,4-7,16-17H2,1-3H3. The topological polar surface area (TPSA) is 119 Å². The summed E-state index contributed by atoms with van der Waals surface area (Å²) < 4.78 is 11.2. The van der Waals surface area contributed by atoms with Gasteiger partial charge >= 0.3 is 6.09 Å². The smallest absolute Gasteiger partial charge is 0.410 e. The molecule has 0 radical (unpaired) electrons. The number of nitrogens with zero attached hydrogens (tertiary/aromatic N) is 9. The normalized spacial score (nSPS) is 17.3. The fraction of sp³-hybridized carbons (Fsp3) is 0.462. The minimum absolute atomic E-state index is 0.224. The van der Waals surface area contributed by atoms with Gasteiger partial charge in [0.05, 0.1) is 55.3 Å². The van der Waals surface area contributed by atoms with E-state index in [1.807, 2.05) is 54.5 Å². The lowest BCUT2D eigenvalue weighted by atomic mass is 9.87. The first-order valence-electron chi connectivity index (χ1n) is 12.5. The number of hydrogen-bond acceptors (Lipinski definition) is 7. The Morgan fingerprint density at radius 2 is 1.97 bits per heavy atom. The van der Waals surface area contributed by atoms with Crippen LogP contribution in [0.15, 0.2) is 43.2 Å². The van der Waals surface area contributed by atoms with Crippen LogP contribution in [-0.2, 0) is 10.3 Å². The molecule has 0 N–H and O–H groups in total. The summed E-state index contributed by atoms with van der Waals surface area (Å²) in [6.07, 6.45) is 14.6. The van der Waals surface area contributed by atoms with Crippen LogP contribution in [0.25, 0.3) is 28.3 Å². The van der Waals surface area contributed by atoms with Crippen molar-refractivity contribution in [2.75, 3.05) is 13.1 Å². The molecule has 1 saturated carbocycles. The third kappa shape index (κ3) is 4.12. The van der Waals surface area contributed by atoms with Gasteiger partial charge in [-0.05, 0) is 40.0 Å². The highest BCUT2D eigenvalue weighted by Gasteiger charge is 2.49. The van der Waals surface area contributed by atoms with E-state index in [0.29, 0.717) is 25.0 Å². The molecule has 37 heavy (non-hydrogen) atoms. The molecule has 1 aliphatic heterocycles. The molecule has 0 unspecified atom stereocenters. The molecular weight excluding hydrogens is 470 g/mol. The van der Waals surface area contributed by atoms with Gasteiger partial charge in [-0.15, -0.1) is 0 Å². The maximum Gasteiger partial charge on any atom is 0.410 e. The third-order valence-corrected chi connectivity index (χ3v) is 7.09. The van der Waals surface area contributed by atoms with Crippen molar-refractivity contribution in [1.29, 1.82) is 5.26 Å². The van der Waals surface area contributed by atoms with E-state index in [4.69, 9.17) is 9.72 Å². The fourth-order valence-electron chi connectivity index (χ4n) is 4.90. The van der Waals surface area contributed by atoms with Crippen LogP contribution in [0.3, 0.4) is 0 Å². The molecule has 0 aromatic carbocycles. The zero-order chi connectivity index (χ0) is 25.8. The van der Waals surface area contributed by atoms with Crippen LogP contribution in [0.5, 0.6) is 0 Å². The van der Waals surface area contributed by atoms with E-state index in [0.717, 1.165) is 35.3 Å². The van der Waals surface area contributed by atoms with Gasteiger partial charge in [-0.2, -0.15) is 15.5 Å². The second kappa shape index (κ2) is 8.44. The van der Waals surface area contributed by atoms with Crippen molar-refractivity contribution >= 4 is 11.7 Å². The van der Waals surface area contributed by atoms with Crippen LogP contribution in [0.4, 0.5) is 4.79 Å². The third-order valence-electron chi connectivity index (χ3n) is 7.09. The quantitative estimate of drug-likeness (QED) is 0.406.